The van der Waals surface area contributed by atoms with Gasteiger partial charge in [-0.15, -0.1) is 17.8 Å². The molecule has 7 aliphatic carbocycles. The van der Waals surface area contributed by atoms with E-state index in [9.17, 15) is 0 Å². The zero-order chi connectivity index (χ0) is 43.5. The van der Waals surface area contributed by atoms with E-state index in [1.807, 2.05) is 0 Å². The van der Waals surface area contributed by atoms with Crippen LogP contribution in [0.3, 0.4) is 0 Å². The van der Waals surface area contributed by atoms with Gasteiger partial charge in [0.1, 0.15) is 0 Å². The molecule has 0 bridgehead atoms. The van der Waals surface area contributed by atoms with E-state index < -0.39 is 15.8 Å². The third-order valence-corrected chi connectivity index (χ3v) is 31.1. The van der Waals surface area contributed by atoms with Crippen molar-refractivity contribution in [1.82, 2.24) is 0 Å². The molecule has 2 atom stereocenters. The Balaban J connectivity index is 0.000000236. The summed E-state index contributed by atoms with van der Waals surface area (Å²) in [6.45, 7) is 7.40. The van der Waals surface area contributed by atoms with Gasteiger partial charge in [0.25, 0.3) is 0 Å². The first-order chi connectivity index (χ1) is 31.2. The first-order valence-electron chi connectivity index (χ1n) is 27.7. The summed E-state index contributed by atoms with van der Waals surface area (Å²) < 4.78 is 0. The molecule has 7 saturated carbocycles. The van der Waals surface area contributed by atoms with Gasteiger partial charge in [-0.2, -0.15) is 11.1 Å². The molecule has 1 nitrogen and oxygen atoms in total. The third-order valence-electron chi connectivity index (χ3n) is 18.1. The van der Waals surface area contributed by atoms with Crippen molar-refractivity contribution in [2.75, 3.05) is 6.16 Å². The van der Waals surface area contributed by atoms with Crippen molar-refractivity contribution in [3.63, 3.8) is 0 Å². The quantitative estimate of drug-likeness (QED) is 0.138. The summed E-state index contributed by atoms with van der Waals surface area (Å²) in [4.78, 5) is 0. The van der Waals surface area contributed by atoms with E-state index in [1.165, 1.54) is 186 Å². The molecule has 0 amide bonds. The van der Waals surface area contributed by atoms with Crippen molar-refractivity contribution in [1.29, 1.82) is 0 Å². The summed E-state index contributed by atoms with van der Waals surface area (Å²) in [6.07, 6.45) is 61.7. The van der Waals surface area contributed by atoms with Crippen LogP contribution in [0.2, 0.25) is 0 Å². The number of hydrogen-bond acceptors (Lipinski definition) is 0. The number of hydrogen-bond donors (Lipinski definition) is 0. The standard InChI is InChI=1S/C39H57NP2.C18H33P.ClH.Os/c1-31(32-18-7-2-8-19-32)39(42(36-25-13-5-14-26-36)37-27-15-6-16-28-37)38-29-17-20-33(40-38)30-41(34-21-9-3-10-22-34)35-23-11-4-12-24-35;1-4-10-16(11-5-1)19(17-12-6-2-7-13-17)18-14-8-3-9-15-18;;/h1-2,7-8,17-20,29,34-39H,3-6,9-16,21-28,30H2;16-18H,1-15H2;1H;/q-2;;;+1/p+2. The SMILES string of the molecule is C1CCC([PH+](C2CCCCC2)C2CCCCC2)CC1.[CH-]=C(c1ccccc1)C(C1C=CC=C(C[PH+](C2CCCCC2)C2CCCCC2)[N-]1)[PH+](C1CCCCC1)C1CCCCC1.[Cl][Os]. The fraction of sp³-hybridized carbons (Fsp3) is 0.789. The minimum absolute atomic E-state index is 0.0465. The van der Waals surface area contributed by atoms with Gasteiger partial charge in [-0.25, -0.2) is 0 Å². The Morgan fingerprint density at radius 1 is 0.508 bits per heavy atom. The van der Waals surface area contributed by atoms with E-state index in [-0.39, 0.29) is 14.0 Å². The molecule has 355 valence electrons. The molecule has 0 spiro atoms. The van der Waals surface area contributed by atoms with Crippen LogP contribution in [0.25, 0.3) is 10.9 Å². The van der Waals surface area contributed by atoms with Crippen LogP contribution in [0.1, 0.15) is 230 Å². The number of rotatable bonds is 13. The molecule has 8 aliphatic rings. The van der Waals surface area contributed by atoms with Gasteiger partial charge in [0, 0.05) is 23.8 Å². The number of benzene rings is 1. The van der Waals surface area contributed by atoms with Crippen LogP contribution in [0.15, 0.2) is 54.3 Å². The topological polar surface area (TPSA) is 14.1 Å². The van der Waals surface area contributed by atoms with Crippen LogP contribution < -0.4 is 0 Å². The van der Waals surface area contributed by atoms with Crippen LogP contribution in [-0.2, 0) is 17.6 Å². The molecule has 1 aliphatic heterocycles. The van der Waals surface area contributed by atoms with Crippen molar-refractivity contribution in [3.05, 3.63) is 71.7 Å². The Labute approximate surface area is 407 Å². The molecule has 9 rings (SSSR count). The molecule has 0 radical (unpaired) electrons. The molecule has 6 heteroatoms. The van der Waals surface area contributed by atoms with E-state index in [0.717, 1.165) is 22.6 Å². The zero-order valence-electron chi connectivity index (χ0n) is 40.0. The monoisotopic (exact) mass is 1110 g/mol. The molecule has 0 saturated heterocycles. The first kappa shape index (κ1) is 51.3. The molecule has 2 unspecified atom stereocenters. The molecular formula is C57H93ClNOsP3+. The minimum atomic E-state index is -0.746. The van der Waals surface area contributed by atoms with Crippen molar-refractivity contribution >= 4 is 39.0 Å². The van der Waals surface area contributed by atoms with Gasteiger partial charge >= 0.3 is 27.2 Å². The fourth-order valence-electron chi connectivity index (χ4n) is 15.0. The Morgan fingerprint density at radius 2 is 0.857 bits per heavy atom. The molecule has 0 N–H and O–H groups in total. The molecule has 0 aromatic heterocycles. The van der Waals surface area contributed by atoms with Gasteiger partial charge in [-0.05, 0) is 180 Å². The molecule has 1 aromatic carbocycles. The molecule has 1 heterocycles. The number of halogens is 1. The molecule has 63 heavy (non-hydrogen) atoms. The van der Waals surface area contributed by atoms with Crippen molar-refractivity contribution in [2.24, 2.45) is 0 Å². The Morgan fingerprint density at radius 3 is 1.24 bits per heavy atom. The fourth-order valence-corrected chi connectivity index (χ4v) is 29.4. The molecule has 1 aromatic rings. The van der Waals surface area contributed by atoms with Crippen molar-refractivity contribution < 1.29 is 17.6 Å². The van der Waals surface area contributed by atoms with Gasteiger partial charge in [0.2, 0.25) is 0 Å². The summed E-state index contributed by atoms with van der Waals surface area (Å²) in [5.41, 5.74) is 11.8. The van der Waals surface area contributed by atoms with E-state index in [0.29, 0.717) is 5.66 Å². The molecule has 7 fully saturated rings. The summed E-state index contributed by atoms with van der Waals surface area (Å²) in [5, 5.41) is 5.79. The predicted octanol–water partition coefficient (Wildman–Crippen LogP) is 18.7. The van der Waals surface area contributed by atoms with Gasteiger partial charge < -0.3 is 5.32 Å². The normalized spacial score (nSPS) is 26.3. The Kier molecular flexibility index (Phi) is 23.5. The molecular weight excluding hydrogens is 1020 g/mol. The summed E-state index contributed by atoms with van der Waals surface area (Å²) in [7, 11) is 3.42. The van der Waals surface area contributed by atoms with Gasteiger partial charge in [-0.1, -0.05) is 87.4 Å². The maximum atomic E-state index is 7.40. The van der Waals surface area contributed by atoms with Crippen molar-refractivity contribution in [2.45, 2.75) is 276 Å². The van der Waals surface area contributed by atoms with Crippen LogP contribution in [0.5, 0.6) is 0 Å². The van der Waals surface area contributed by atoms with Crippen LogP contribution in [-0.4, -0.2) is 57.5 Å². The van der Waals surface area contributed by atoms with E-state index in [2.05, 4.69) is 58.2 Å². The second-order valence-electron chi connectivity index (χ2n) is 22.1. The average Bonchev–Trinajstić information content (AvgIpc) is 3.38. The van der Waals surface area contributed by atoms with Gasteiger partial charge in [-0.3, -0.25) is 6.58 Å². The summed E-state index contributed by atoms with van der Waals surface area (Å²) in [5.74, 6) is 0. The van der Waals surface area contributed by atoms with Crippen LogP contribution in [0, 0.1) is 6.58 Å². The summed E-state index contributed by atoms with van der Waals surface area (Å²) >= 11 is 1.33. The Bertz CT molecular complexity index is 1380. The zero-order valence-corrected chi connectivity index (χ0v) is 46.3. The van der Waals surface area contributed by atoms with E-state index in [1.54, 1.807) is 96.3 Å². The van der Waals surface area contributed by atoms with Gasteiger partial charge in [0.05, 0.1) is 51.4 Å². The second-order valence-corrected chi connectivity index (χ2v) is 31.9. The second kappa shape index (κ2) is 28.8. The van der Waals surface area contributed by atoms with Crippen LogP contribution in [0.4, 0.5) is 0 Å². The van der Waals surface area contributed by atoms with Crippen molar-refractivity contribution in [3.8, 4) is 0 Å². The number of allylic oxidation sites excluding steroid dienone is 3. The predicted molar refractivity (Wildman–Crippen MR) is 286 cm³/mol. The Hall–Kier alpha value is 0.456. The number of nitrogens with zero attached hydrogens (tertiary/aromatic N) is 1. The van der Waals surface area contributed by atoms with Gasteiger partial charge in [0.15, 0.2) is 0 Å². The average molecular weight is 1110 g/mol. The van der Waals surface area contributed by atoms with E-state index in [4.69, 9.17) is 11.9 Å². The maximum absolute atomic E-state index is 7.40. The first-order valence-corrected chi connectivity index (χ1v) is 36.2. The third kappa shape index (κ3) is 15.2. The summed E-state index contributed by atoms with van der Waals surface area (Å²) in [6, 6.07) is 11.3. The van der Waals surface area contributed by atoms with E-state index >= 15 is 0 Å². The van der Waals surface area contributed by atoms with Crippen LogP contribution >= 0.6 is 33.4 Å².